The first-order chi connectivity index (χ1) is 16.8. The van der Waals surface area contributed by atoms with Crippen molar-refractivity contribution < 1.29 is 14.5 Å². The highest BCUT2D eigenvalue weighted by Crippen LogP contribution is 2.28. The summed E-state index contributed by atoms with van der Waals surface area (Å²) in [4.78, 5) is 41.5. The number of carbonyl (C=O) groups excluding carboxylic acids is 2. The minimum absolute atomic E-state index is 0.00767. The predicted molar refractivity (Wildman–Crippen MR) is 135 cm³/mol. The highest BCUT2D eigenvalue weighted by molar-refractivity contribution is 7.09. The Hall–Kier alpha value is -2.82. The zero-order chi connectivity index (χ0) is 24.9. The van der Waals surface area contributed by atoms with Gasteiger partial charge in [0, 0.05) is 61.7 Å². The molecule has 1 saturated carbocycles. The van der Waals surface area contributed by atoms with Gasteiger partial charge in [-0.15, -0.1) is 11.3 Å². The second-order valence-electron chi connectivity index (χ2n) is 9.60. The average Bonchev–Trinajstić information content (AvgIpc) is 3.51. The Kier molecular flexibility index (Phi) is 8.15. The molecular weight excluding hydrogens is 466 g/mol. The summed E-state index contributed by atoms with van der Waals surface area (Å²) < 4.78 is 0. The van der Waals surface area contributed by atoms with Crippen LogP contribution in [-0.2, 0) is 22.7 Å². The number of amides is 2. The molecule has 1 aromatic heterocycles. The number of nitrogens with zero attached hydrogens (tertiary/aromatic N) is 3. The molecule has 0 bridgehead atoms. The number of nitrogens with two attached hydrogens (primary N) is 1. The van der Waals surface area contributed by atoms with Crippen molar-refractivity contribution in [3.8, 4) is 0 Å². The van der Waals surface area contributed by atoms with Crippen molar-refractivity contribution in [2.24, 2.45) is 5.73 Å². The Balaban J connectivity index is 1.49. The number of non-ortho nitro benzene ring substituents is 1. The van der Waals surface area contributed by atoms with Gasteiger partial charge in [0.1, 0.15) is 6.04 Å². The third-order valence-electron chi connectivity index (χ3n) is 7.09. The summed E-state index contributed by atoms with van der Waals surface area (Å²) in [5.41, 5.74) is 7.01. The summed E-state index contributed by atoms with van der Waals surface area (Å²) in [7, 11) is 0. The molecule has 10 heteroatoms. The summed E-state index contributed by atoms with van der Waals surface area (Å²) >= 11 is 1.66. The van der Waals surface area contributed by atoms with Crippen molar-refractivity contribution >= 4 is 28.8 Å². The highest BCUT2D eigenvalue weighted by Gasteiger charge is 2.41. The smallest absolute Gasteiger partial charge is 0.269 e. The van der Waals surface area contributed by atoms with E-state index in [1.165, 1.54) is 23.9 Å². The van der Waals surface area contributed by atoms with Crippen LogP contribution < -0.4 is 11.1 Å². The van der Waals surface area contributed by atoms with E-state index in [9.17, 15) is 19.7 Å². The number of nitro benzene ring substituents is 1. The van der Waals surface area contributed by atoms with E-state index in [1.54, 1.807) is 28.4 Å². The molecule has 1 aromatic carbocycles. The van der Waals surface area contributed by atoms with Crippen molar-refractivity contribution in [2.75, 3.05) is 6.54 Å². The van der Waals surface area contributed by atoms with Crippen LogP contribution in [0.2, 0.25) is 0 Å². The van der Waals surface area contributed by atoms with Gasteiger partial charge in [0.25, 0.3) is 5.69 Å². The Morgan fingerprint density at radius 1 is 1.17 bits per heavy atom. The Labute approximate surface area is 209 Å². The maximum Gasteiger partial charge on any atom is 0.269 e. The minimum Gasteiger partial charge on any atom is -0.352 e. The van der Waals surface area contributed by atoms with Gasteiger partial charge >= 0.3 is 0 Å². The van der Waals surface area contributed by atoms with Crippen LogP contribution in [0.1, 0.15) is 49.5 Å². The number of nitro groups is 1. The van der Waals surface area contributed by atoms with E-state index in [2.05, 4.69) is 16.3 Å². The summed E-state index contributed by atoms with van der Waals surface area (Å²) in [5, 5.41) is 16.2. The zero-order valence-electron chi connectivity index (χ0n) is 20.0. The van der Waals surface area contributed by atoms with Gasteiger partial charge < -0.3 is 16.0 Å². The highest BCUT2D eigenvalue weighted by atomic mass is 32.1. The molecule has 188 valence electrons. The van der Waals surface area contributed by atoms with Crippen LogP contribution in [0.4, 0.5) is 5.69 Å². The number of benzene rings is 1. The lowest BCUT2D eigenvalue weighted by atomic mass is 9.91. The SMILES string of the molecule is CC(=O)N1CC(N(Cc2ccc([N+](=O)[O-])cc2)Cc2cccs2)CC1C(=O)NC1CCC(N)CC1. The molecule has 3 N–H and O–H groups in total. The molecule has 2 fully saturated rings. The number of likely N-dealkylation sites (tertiary alicyclic amines) is 1. The molecule has 1 saturated heterocycles. The molecule has 2 heterocycles. The molecular formula is C25H33N5O4S. The molecule has 2 aliphatic rings. The maximum absolute atomic E-state index is 13.2. The lowest BCUT2D eigenvalue weighted by molar-refractivity contribution is -0.384. The fraction of sp³-hybridized carbons (Fsp3) is 0.520. The summed E-state index contributed by atoms with van der Waals surface area (Å²) in [5.74, 6) is -0.195. The number of thiophene rings is 1. The van der Waals surface area contributed by atoms with Gasteiger partial charge in [-0.3, -0.25) is 24.6 Å². The van der Waals surface area contributed by atoms with Crippen molar-refractivity contribution in [3.05, 3.63) is 62.3 Å². The van der Waals surface area contributed by atoms with Gasteiger partial charge in [-0.2, -0.15) is 0 Å². The van der Waals surface area contributed by atoms with Crippen LogP contribution >= 0.6 is 11.3 Å². The van der Waals surface area contributed by atoms with Gasteiger partial charge in [0.15, 0.2) is 0 Å². The van der Waals surface area contributed by atoms with Crippen LogP contribution in [0.5, 0.6) is 0 Å². The zero-order valence-corrected chi connectivity index (χ0v) is 20.8. The van der Waals surface area contributed by atoms with Gasteiger partial charge in [0.05, 0.1) is 4.92 Å². The normalized spacial score (nSPS) is 24.5. The van der Waals surface area contributed by atoms with Crippen molar-refractivity contribution in [1.29, 1.82) is 0 Å². The first-order valence-electron chi connectivity index (χ1n) is 12.1. The van der Waals surface area contributed by atoms with E-state index in [0.29, 0.717) is 26.1 Å². The minimum atomic E-state index is -0.504. The van der Waals surface area contributed by atoms with Crippen LogP contribution in [0.15, 0.2) is 41.8 Å². The van der Waals surface area contributed by atoms with Gasteiger partial charge in [0.2, 0.25) is 11.8 Å². The third kappa shape index (κ3) is 6.45. The topological polar surface area (TPSA) is 122 Å². The molecule has 0 spiro atoms. The molecule has 4 rings (SSSR count). The molecule has 1 aliphatic heterocycles. The summed E-state index contributed by atoms with van der Waals surface area (Å²) in [6, 6.07) is 10.5. The largest absolute Gasteiger partial charge is 0.352 e. The number of hydrogen-bond donors (Lipinski definition) is 2. The van der Waals surface area contributed by atoms with Crippen LogP contribution in [0.3, 0.4) is 0 Å². The molecule has 2 aromatic rings. The summed E-state index contributed by atoms with van der Waals surface area (Å²) in [6.07, 6.45) is 4.09. The van der Waals surface area contributed by atoms with Gasteiger partial charge in [-0.05, 0) is 49.1 Å². The third-order valence-corrected chi connectivity index (χ3v) is 7.95. The fourth-order valence-electron chi connectivity index (χ4n) is 5.11. The predicted octanol–water partition coefficient (Wildman–Crippen LogP) is 3.03. The van der Waals surface area contributed by atoms with E-state index in [4.69, 9.17) is 5.73 Å². The molecule has 35 heavy (non-hydrogen) atoms. The van der Waals surface area contributed by atoms with E-state index >= 15 is 0 Å². The van der Waals surface area contributed by atoms with Crippen molar-refractivity contribution in [3.63, 3.8) is 0 Å². The van der Waals surface area contributed by atoms with E-state index < -0.39 is 11.0 Å². The lowest BCUT2D eigenvalue weighted by Crippen LogP contribution is -2.49. The second-order valence-corrected chi connectivity index (χ2v) is 10.6. The Morgan fingerprint density at radius 3 is 2.49 bits per heavy atom. The van der Waals surface area contributed by atoms with Crippen LogP contribution in [0.25, 0.3) is 0 Å². The Morgan fingerprint density at radius 2 is 1.89 bits per heavy atom. The molecule has 9 nitrogen and oxygen atoms in total. The number of hydrogen-bond acceptors (Lipinski definition) is 7. The standard InChI is InChI=1S/C25H33N5O4S/c1-17(31)29-15-22(13-24(29)25(32)27-20-8-6-19(26)7-9-20)28(16-23-3-2-12-35-23)14-18-4-10-21(11-5-18)30(33)34/h2-5,10-12,19-20,22,24H,6-9,13-16,26H2,1H3,(H,27,32). The average molecular weight is 500 g/mol. The number of rotatable bonds is 8. The first kappa shape index (κ1) is 25.3. The Bertz CT molecular complexity index is 1020. The van der Waals surface area contributed by atoms with Crippen molar-refractivity contribution in [1.82, 2.24) is 15.1 Å². The second kappa shape index (κ2) is 11.3. The van der Waals surface area contributed by atoms with Gasteiger partial charge in [-0.25, -0.2) is 0 Å². The maximum atomic E-state index is 13.2. The molecule has 2 atom stereocenters. The molecule has 2 amide bonds. The number of carbonyl (C=O) groups is 2. The van der Waals surface area contributed by atoms with E-state index in [-0.39, 0.29) is 35.6 Å². The van der Waals surface area contributed by atoms with Crippen molar-refractivity contribution in [2.45, 2.75) is 76.3 Å². The quantitative estimate of drug-likeness (QED) is 0.425. The molecule has 0 radical (unpaired) electrons. The summed E-state index contributed by atoms with van der Waals surface area (Å²) in [6.45, 7) is 3.24. The first-order valence-corrected chi connectivity index (χ1v) is 13.0. The fourth-order valence-corrected chi connectivity index (χ4v) is 5.84. The molecule has 1 aliphatic carbocycles. The van der Waals surface area contributed by atoms with E-state index in [1.807, 2.05) is 11.4 Å². The van der Waals surface area contributed by atoms with Crippen LogP contribution in [-0.4, -0.2) is 57.2 Å². The lowest BCUT2D eigenvalue weighted by Gasteiger charge is -2.29. The van der Waals surface area contributed by atoms with E-state index in [0.717, 1.165) is 31.2 Å². The monoisotopic (exact) mass is 499 g/mol. The van der Waals surface area contributed by atoms with Gasteiger partial charge in [-0.1, -0.05) is 18.2 Å². The number of nitrogens with one attached hydrogen (secondary N) is 1. The molecule has 2 unspecified atom stereocenters. The van der Waals surface area contributed by atoms with Crippen LogP contribution in [0, 0.1) is 10.1 Å².